The Labute approximate surface area is 263 Å². The van der Waals surface area contributed by atoms with E-state index in [1.165, 1.54) is 4.90 Å². The Bertz CT molecular complexity index is 1310. The third-order valence-electron chi connectivity index (χ3n) is 8.88. The number of aromatic nitrogens is 2. The van der Waals surface area contributed by atoms with Gasteiger partial charge in [0.25, 0.3) is 5.91 Å². The molecule has 0 radical (unpaired) electrons. The van der Waals surface area contributed by atoms with Crippen molar-refractivity contribution in [2.75, 3.05) is 6.54 Å². The van der Waals surface area contributed by atoms with Gasteiger partial charge in [0.05, 0.1) is 19.0 Å². The Kier molecular flexibility index (Phi) is 9.49. The number of carbonyl (C=O) groups is 5. The lowest BCUT2D eigenvalue weighted by Gasteiger charge is -2.35. The number of ketones is 1. The number of hydrogen-bond donors (Lipinski definition) is 3. The lowest BCUT2D eigenvalue weighted by Crippen LogP contribution is -2.59. The third-order valence-corrected chi connectivity index (χ3v) is 8.88. The number of carbonyl (C=O) groups excluding carboxylic acids is 5. The molecule has 0 aromatic carbocycles. The number of likely N-dealkylation sites (tertiary alicyclic amines) is 1. The first-order valence-corrected chi connectivity index (χ1v) is 16.1. The highest BCUT2D eigenvalue weighted by molar-refractivity contribution is 6.38. The molecule has 1 aromatic rings. The molecule has 1 spiro atoms. The van der Waals surface area contributed by atoms with E-state index in [2.05, 4.69) is 26.2 Å². The Balaban J connectivity index is 1.37. The maximum Gasteiger partial charge on any atom is 0.408 e. The first kappa shape index (κ1) is 32.4. The van der Waals surface area contributed by atoms with Crippen LogP contribution in [0.4, 0.5) is 4.79 Å². The minimum absolute atomic E-state index is 0.00656. The summed E-state index contributed by atoms with van der Waals surface area (Å²) in [4.78, 5) is 74.3. The molecule has 45 heavy (non-hydrogen) atoms. The lowest BCUT2D eigenvalue weighted by atomic mass is 9.85. The van der Waals surface area contributed by atoms with Crippen molar-refractivity contribution in [2.45, 2.75) is 128 Å². The minimum Gasteiger partial charge on any atom is -0.446 e. The largest absolute Gasteiger partial charge is 0.446 e. The number of oxime groups is 1. The predicted molar refractivity (Wildman–Crippen MR) is 162 cm³/mol. The number of hydrogen-bond acceptors (Lipinski definition) is 9. The molecule has 5 rings (SSSR count). The number of ether oxygens (including phenoxy) is 1. The maximum absolute atomic E-state index is 14.3. The number of nitrogens with zero attached hydrogens (tertiary/aromatic N) is 4. The zero-order valence-electron chi connectivity index (χ0n) is 26.5. The van der Waals surface area contributed by atoms with E-state index >= 15 is 0 Å². The van der Waals surface area contributed by atoms with E-state index in [0.717, 1.165) is 38.5 Å². The highest BCUT2D eigenvalue weighted by Crippen LogP contribution is 2.39. The normalized spacial score (nSPS) is 24.5. The summed E-state index contributed by atoms with van der Waals surface area (Å²) >= 11 is 0. The van der Waals surface area contributed by atoms with Crippen molar-refractivity contribution in [3.05, 3.63) is 18.5 Å². The van der Waals surface area contributed by atoms with Crippen LogP contribution in [0.3, 0.4) is 0 Å². The van der Waals surface area contributed by atoms with Crippen LogP contribution in [-0.2, 0) is 28.8 Å². The average molecular weight is 628 g/mol. The summed E-state index contributed by atoms with van der Waals surface area (Å²) in [6, 6.07) is -1.38. The van der Waals surface area contributed by atoms with Crippen LogP contribution in [-0.4, -0.2) is 92.5 Å². The van der Waals surface area contributed by atoms with Crippen LogP contribution in [0.2, 0.25) is 0 Å². The third kappa shape index (κ3) is 7.64. The van der Waals surface area contributed by atoms with Gasteiger partial charge >= 0.3 is 6.09 Å². The van der Waals surface area contributed by atoms with Gasteiger partial charge in [0.2, 0.25) is 17.6 Å². The summed E-state index contributed by atoms with van der Waals surface area (Å²) in [5.41, 5.74) is -1.77. The van der Waals surface area contributed by atoms with Gasteiger partial charge in [-0.05, 0) is 56.4 Å². The van der Waals surface area contributed by atoms with Crippen LogP contribution in [0.25, 0.3) is 0 Å². The molecule has 0 unspecified atom stereocenters. The molecule has 4 atom stereocenters. The van der Waals surface area contributed by atoms with Crippen molar-refractivity contribution >= 4 is 35.4 Å². The van der Waals surface area contributed by atoms with Crippen molar-refractivity contribution in [2.24, 2.45) is 10.6 Å². The van der Waals surface area contributed by atoms with Crippen LogP contribution >= 0.6 is 0 Å². The van der Waals surface area contributed by atoms with E-state index in [0.29, 0.717) is 12.3 Å². The molecule has 2 aliphatic carbocycles. The molecule has 1 saturated heterocycles. The van der Waals surface area contributed by atoms with Crippen LogP contribution in [0.15, 0.2) is 23.6 Å². The number of amides is 4. The zero-order valence-corrected chi connectivity index (χ0v) is 26.5. The lowest BCUT2D eigenvalue weighted by molar-refractivity contribution is -0.144. The summed E-state index contributed by atoms with van der Waals surface area (Å²) < 4.78 is 7.18. The molecule has 0 bridgehead atoms. The van der Waals surface area contributed by atoms with E-state index in [9.17, 15) is 24.0 Å². The molecular formula is C31H45N7O7. The quantitative estimate of drug-likeness (QED) is 0.331. The Hall–Kier alpha value is -3.97. The van der Waals surface area contributed by atoms with Crippen molar-refractivity contribution in [3.63, 3.8) is 0 Å². The van der Waals surface area contributed by atoms with Crippen LogP contribution in [0.1, 0.15) is 91.9 Å². The van der Waals surface area contributed by atoms with Crippen molar-refractivity contribution in [3.8, 4) is 0 Å². The number of nitrogens with one attached hydrogen (secondary N) is 3. The van der Waals surface area contributed by atoms with Crippen LogP contribution in [0.5, 0.6) is 0 Å². The highest BCUT2D eigenvalue weighted by atomic mass is 16.7. The van der Waals surface area contributed by atoms with Crippen LogP contribution < -0.4 is 16.0 Å². The van der Waals surface area contributed by atoms with E-state index in [1.54, 1.807) is 23.1 Å². The molecule has 14 heteroatoms. The molecule has 246 valence electrons. The SMILES string of the molecule is CCC[C@H](NC(=O)[C@@H]1C[C@]2(CC(n3cccn3)=NO2)CN1C(=O)[C@@H](NC(=O)OC1CCCC1)C(C)(C)C)C(=O)C(=O)NC1CC1. The fraction of sp³-hybridized carbons (Fsp3) is 0.710. The molecule has 2 saturated carbocycles. The Morgan fingerprint density at radius 1 is 1.11 bits per heavy atom. The monoisotopic (exact) mass is 627 g/mol. The van der Waals surface area contributed by atoms with Gasteiger partial charge in [-0.25, -0.2) is 9.48 Å². The number of alkyl carbamates (subject to hydrolysis) is 1. The topological polar surface area (TPSA) is 173 Å². The second-order valence-electron chi connectivity index (χ2n) is 13.8. The van der Waals surface area contributed by atoms with Gasteiger partial charge in [-0.1, -0.05) is 39.3 Å². The summed E-state index contributed by atoms with van der Waals surface area (Å²) in [5, 5.41) is 16.7. The highest BCUT2D eigenvalue weighted by Gasteiger charge is 2.56. The van der Waals surface area contributed by atoms with Crippen LogP contribution in [0, 0.1) is 5.41 Å². The molecule has 3 fully saturated rings. The van der Waals surface area contributed by atoms with Crippen molar-refractivity contribution in [1.29, 1.82) is 0 Å². The van der Waals surface area contributed by atoms with Crippen molar-refractivity contribution in [1.82, 2.24) is 30.6 Å². The molecule has 2 aliphatic heterocycles. The van der Waals surface area contributed by atoms with E-state index in [1.807, 2.05) is 27.7 Å². The summed E-state index contributed by atoms with van der Waals surface area (Å²) in [6.07, 6.45) is 8.83. The van der Waals surface area contributed by atoms with Gasteiger partial charge in [0.15, 0.2) is 11.4 Å². The first-order valence-electron chi connectivity index (χ1n) is 16.1. The summed E-state index contributed by atoms with van der Waals surface area (Å²) in [5.74, 6) is -1.98. The van der Waals surface area contributed by atoms with Gasteiger partial charge < -0.3 is 30.4 Å². The second-order valence-corrected chi connectivity index (χ2v) is 13.8. The van der Waals surface area contributed by atoms with Gasteiger partial charge in [0.1, 0.15) is 18.2 Å². The molecule has 1 aromatic heterocycles. The number of rotatable bonds is 10. The van der Waals surface area contributed by atoms with Gasteiger partial charge in [0, 0.05) is 24.9 Å². The second kappa shape index (κ2) is 13.2. The first-order chi connectivity index (χ1) is 21.4. The van der Waals surface area contributed by atoms with E-state index in [4.69, 9.17) is 9.57 Å². The van der Waals surface area contributed by atoms with E-state index in [-0.39, 0.29) is 38.0 Å². The predicted octanol–water partition coefficient (Wildman–Crippen LogP) is 2.02. The fourth-order valence-electron chi connectivity index (χ4n) is 6.25. The molecule has 3 heterocycles. The molecular weight excluding hydrogens is 582 g/mol. The average Bonchev–Trinajstić information content (AvgIpc) is 3.46. The smallest absolute Gasteiger partial charge is 0.408 e. The molecule has 4 aliphatic rings. The summed E-state index contributed by atoms with van der Waals surface area (Å²) in [7, 11) is 0. The molecule has 14 nitrogen and oxygen atoms in total. The molecule has 4 amide bonds. The minimum atomic E-state index is -1.05. The van der Waals surface area contributed by atoms with Gasteiger partial charge in [-0.3, -0.25) is 19.2 Å². The fourth-order valence-corrected chi connectivity index (χ4v) is 6.25. The van der Waals surface area contributed by atoms with Gasteiger partial charge in [-0.15, -0.1) is 0 Å². The van der Waals surface area contributed by atoms with Gasteiger partial charge in [-0.2, -0.15) is 5.10 Å². The molecule has 3 N–H and O–H groups in total. The van der Waals surface area contributed by atoms with Crippen molar-refractivity contribution < 1.29 is 33.5 Å². The Morgan fingerprint density at radius 3 is 2.47 bits per heavy atom. The van der Waals surface area contributed by atoms with E-state index < -0.39 is 58.7 Å². The summed E-state index contributed by atoms with van der Waals surface area (Å²) in [6.45, 7) is 7.35. The Morgan fingerprint density at radius 2 is 1.84 bits per heavy atom. The zero-order chi connectivity index (χ0) is 32.4. The maximum atomic E-state index is 14.3. The number of Topliss-reactive ketones (excluding diaryl/α,β-unsaturated/α-hetero) is 1. The standard InChI is InChI=1S/C31H45N7O7/c1-5-9-21(24(39)27(41)33-19-12-13-19)34-26(40)22-16-31(17-23(36-45-31)38-15-8-14-32-38)18-37(22)28(42)25(30(2,3)4)35-29(43)44-20-10-6-7-11-20/h8,14-15,19-22,25H,5-7,9-13,16-18H2,1-4H3,(H,33,41)(H,34,40)(H,35,43)/t21-,22-,25+,31-/m0/s1.